The van der Waals surface area contributed by atoms with Gasteiger partial charge in [0.25, 0.3) is 0 Å². The summed E-state index contributed by atoms with van der Waals surface area (Å²) in [6, 6.07) is 9.79. The minimum atomic E-state index is 0.521. The molecule has 0 aliphatic heterocycles. The minimum Gasteiger partial charge on any atom is -0.384 e. The molecule has 92 valence electrons. The van der Waals surface area contributed by atoms with Crippen molar-refractivity contribution < 1.29 is 0 Å². The molecule has 2 rings (SSSR count). The highest BCUT2D eigenvalue weighted by atomic mass is 35.5. The highest BCUT2D eigenvalue weighted by Gasteiger charge is 2.14. The summed E-state index contributed by atoms with van der Waals surface area (Å²) in [5, 5.41) is 9.78. The van der Waals surface area contributed by atoms with Crippen LogP contribution in [0.1, 0.15) is 22.4 Å². The second-order valence-electron chi connectivity index (χ2n) is 4.30. The first-order chi connectivity index (χ1) is 8.54. The van der Waals surface area contributed by atoms with Crippen LogP contribution in [0.5, 0.6) is 0 Å². The van der Waals surface area contributed by atoms with Gasteiger partial charge in [-0.1, -0.05) is 23.7 Å². The first-order valence-corrected chi connectivity index (χ1v) is 6.02. The summed E-state index contributed by atoms with van der Waals surface area (Å²) < 4.78 is 1.94. The summed E-state index contributed by atoms with van der Waals surface area (Å²) in [7, 11) is 0. The highest BCUT2D eigenvalue weighted by Crippen LogP contribution is 2.25. The van der Waals surface area contributed by atoms with Crippen LogP contribution in [-0.4, -0.2) is 4.57 Å². The average Bonchev–Trinajstić information content (AvgIpc) is 2.53. The van der Waals surface area contributed by atoms with Crippen LogP contribution in [0.4, 0.5) is 5.82 Å². The molecule has 3 nitrogen and oxygen atoms in total. The third-order valence-corrected chi connectivity index (χ3v) is 3.45. The molecule has 18 heavy (non-hydrogen) atoms. The van der Waals surface area contributed by atoms with E-state index in [1.165, 1.54) is 0 Å². The molecular weight excluding hydrogens is 246 g/mol. The second-order valence-corrected chi connectivity index (χ2v) is 4.73. The van der Waals surface area contributed by atoms with Crippen molar-refractivity contribution in [2.75, 3.05) is 5.73 Å². The number of nitrogens with two attached hydrogens (primary N) is 1. The monoisotopic (exact) mass is 259 g/mol. The molecule has 0 amide bonds. The Labute approximate surface area is 111 Å². The smallest absolute Gasteiger partial charge is 0.122 e. The predicted molar refractivity (Wildman–Crippen MR) is 73.6 cm³/mol. The Morgan fingerprint density at radius 3 is 2.67 bits per heavy atom. The van der Waals surface area contributed by atoms with Gasteiger partial charge in [0.15, 0.2) is 0 Å². The van der Waals surface area contributed by atoms with Crippen LogP contribution in [-0.2, 0) is 6.54 Å². The minimum absolute atomic E-state index is 0.521. The normalized spacial score (nSPS) is 10.3. The van der Waals surface area contributed by atoms with Gasteiger partial charge < -0.3 is 10.3 Å². The fraction of sp³-hybridized carbons (Fsp3) is 0.214. The van der Waals surface area contributed by atoms with E-state index in [-0.39, 0.29) is 0 Å². The molecule has 2 N–H and O–H groups in total. The van der Waals surface area contributed by atoms with Crippen molar-refractivity contribution >= 4 is 17.4 Å². The maximum Gasteiger partial charge on any atom is 0.122 e. The largest absolute Gasteiger partial charge is 0.384 e. The number of nitriles is 1. The van der Waals surface area contributed by atoms with Crippen LogP contribution in [0, 0.1) is 25.2 Å². The molecule has 0 saturated heterocycles. The molecule has 1 heterocycles. The van der Waals surface area contributed by atoms with E-state index in [2.05, 4.69) is 6.07 Å². The Bertz CT molecular complexity index is 635. The first-order valence-electron chi connectivity index (χ1n) is 5.64. The lowest BCUT2D eigenvalue weighted by Crippen LogP contribution is -2.06. The molecule has 0 atom stereocenters. The lowest BCUT2D eigenvalue weighted by Gasteiger charge is -2.09. The van der Waals surface area contributed by atoms with Crippen molar-refractivity contribution in [2.45, 2.75) is 20.4 Å². The van der Waals surface area contributed by atoms with Gasteiger partial charge in [-0.15, -0.1) is 0 Å². The molecule has 0 saturated carbocycles. The maximum absolute atomic E-state index is 9.08. The van der Waals surface area contributed by atoms with Gasteiger partial charge in [-0.3, -0.25) is 0 Å². The van der Waals surface area contributed by atoms with E-state index < -0.39 is 0 Å². The Hall–Kier alpha value is -1.92. The van der Waals surface area contributed by atoms with E-state index in [0.29, 0.717) is 22.9 Å². The van der Waals surface area contributed by atoms with E-state index >= 15 is 0 Å². The fourth-order valence-electron chi connectivity index (χ4n) is 2.05. The van der Waals surface area contributed by atoms with Crippen LogP contribution < -0.4 is 5.73 Å². The van der Waals surface area contributed by atoms with Crippen molar-refractivity contribution in [1.29, 1.82) is 5.26 Å². The third kappa shape index (κ3) is 2.07. The van der Waals surface area contributed by atoms with Gasteiger partial charge in [0.2, 0.25) is 0 Å². The standard InChI is InChI=1S/C14H14ClN3/c1-9-10(2)18(14(17)13(9)7-16)8-11-4-3-5-12(15)6-11/h3-6H,8,17H2,1-2H3. The number of halogens is 1. The van der Waals surface area contributed by atoms with Gasteiger partial charge in [-0.2, -0.15) is 5.26 Å². The molecule has 0 spiro atoms. The van der Waals surface area contributed by atoms with Crippen LogP contribution in [0.3, 0.4) is 0 Å². The molecule has 1 aromatic carbocycles. The number of hydrogen-bond acceptors (Lipinski definition) is 2. The van der Waals surface area contributed by atoms with E-state index in [1.54, 1.807) is 0 Å². The third-order valence-electron chi connectivity index (χ3n) is 3.21. The molecule has 2 aromatic rings. The van der Waals surface area contributed by atoms with Crippen molar-refractivity contribution in [3.8, 4) is 6.07 Å². The number of aromatic nitrogens is 1. The predicted octanol–water partition coefficient (Wildman–Crippen LogP) is 3.26. The van der Waals surface area contributed by atoms with E-state index in [0.717, 1.165) is 16.8 Å². The van der Waals surface area contributed by atoms with Crippen molar-refractivity contribution in [1.82, 2.24) is 4.57 Å². The number of benzene rings is 1. The SMILES string of the molecule is Cc1c(C#N)c(N)n(Cc2cccc(Cl)c2)c1C. The summed E-state index contributed by atoms with van der Waals surface area (Å²) in [6.45, 7) is 4.51. The Kier molecular flexibility index (Phi) is 3.31. The van der Waals surface area contributed by atoms with Crippen molar-refractivity contribution in [2.24, 2.45) is 0 Å². The first kappa shape index (κ1) is 12.5. The van der Waals surface area contributed by atoms with E-state index in [9.17, 15) is 0 Å². The zero-order valence-corrected chi connectivity index (χ0v) is 11.1. The lowest BCUT2D eigenvalue weighted by atomic mass is 10.2. The summed E-state index contributed by atoms with van der Waals surface area (Å²) in [6.07, 6.45) is 0. The second kappa shape index (κ2) is 4.75. The zero-order chi connectivity index (χ0) is 13.3. The molecule has 1 aromatic heterocycles. The number of nitrogens with zero attached hydrogens (tertiary/aromatic N) is 2. The van der Waals surface area contributed by atoms with Crippen LogP contribution in [0.2, 0.25) is 5.02 Å². The van der Waals surface area contributed by atoms with Crippen LogP contribution in [0.25, 0.3) is 0 Å². The topological polar surface area (TPSA) is 54.7 Å². The van der Waals surface area contributed by atoms with E-state index in [4.69, 9.17) is 22.6 Å². The van der Waals surface area contributed by atoms with Gasteiger partial charge in [0.1, 0.15) is 11.9 Å². The molecule has 0 aliphatic rings. The maximum atomic E-state index is 9.08. The molecule has 4 heteroatoms. The van der Waals surface area contributed by atoms with Gasteiger partial charge in [0.05, 0.1) is 5.56 Å². The number of hydrogen-bond donors (Lipinski definition) is 1. The molecule has 0 radical (unpaired) electrons. The number of rotatable bonds is 2. The quantitative estimate of drug-likeness (QED) is 0.900. The molecule has 0 aliphatic carbocycles. The summed E-state index contributed by atoms with van der Waals surface area (Å²) in [4.78, 5) is 0. The van der Waals surface area contributed by atoms with Gasteiger partial charge in [-0.25, -0.2) is 0 Å². The Morgan fingerprint density at radius 2 is 2.11 bits per heavy atom. The number of nitrogen functional groups attached to an aromatic ring is 1. The highest BCUT2D eigenvalue weighted by molar-refractivity contribution is 6.30. The van der Waals surface area contributed by atoms with Crippen molar-refractivity contribution in [3.05, 3.63) is 51.7 Å². The Balaban J connectivity index is 2.45. The van der Waals surface area contributed by atoms with Gasteiger partial charge in [0, 0.05) is 17.3 Å². The average molecular weight is 260 g/mol. The lowest BCUT2D eigenvalue weighted by molar-refractivity contribution is 0.784. The van der Waals surface area contributed by atoms with Crippen LogP contribution >= 0.6 is 11.6 Å². The Morgan fingerprint density at radius 1 is 1.39 bits per heavy atom. The summed E-state index contributed by atoms with van der Waals surface area (Å²) in [5.74, 6) is 0.521. The fourth-order valence-corrected chi connectivity index (χ4v) is 2.27. The van der Waals surface area contributed by atoms with E-state index in [1.807, 2.05) is 42.7 Å². The van der Waals surface area contributed by atoms with Crippen LogP contribution in [0.15, 0.2) is 24.3 Å². The summed E-state index contributed by atoms with van der Waals surface area (Å²) >= 11 is 5.96. The summed E-state index contributed by atoms with van der Waals surface area (Å²) in [5.41, 5.74) is 9.60. The van der Waals surface area contributed by atoms with Gasteiger partial charge >= 0.3 is 0 Å². The van der Waals surface area contributed by atoms with Gasteiger partial charge in [-0.05, 0) is 37.1 Å². The molecular formula is C14H14ClN3. The molecule has 0 bridgehead atoms. The number of anilines is 1. The molecule has 0 unspecified atom stereocenters. The molecule has 0 fully saturated rings. The zero-order valence-electron chi connectivity index (χ0n) is 10.4. The van der Waals surface area contributed by atoms with Crippen molar-refractivity contribution in [3.63, 3.8) is 0 Å².